The molecule has 4 aliphatic rings. The largest absolute Gasteiger partial charge is 0.481 e. The molecule has 8 unspecified atom stereocenters. The Bertz CT molecular complexity index is 445. The zero-order chi connectivity index (χ0) is 13.3. The Morgan fingerprint density at radius 2 is 1.47 bits per heavy atom. The fourth-order valence-electron chi connectivity index (χ4n) is 6.31. The van der Waals surface area contributed by atoms with Crippen LogP contribution in [-0.4, -0.2) is 24.2 Å². The van der Waals surface area contributed by atoms with Crippen molar-refractivity contribution in [3.05, 3.63) is 0 Å². The minimum Gasteiger partial charge on any atom is -0.481 e. The predicted molar refractivity (Wildman–Crippen MR) is 66.0 cm³/mol. The Morgan fingerprint density at radius 3 is 2.00 bits per heavy atom. The lowest BCUT2D eigenvalue weighted by atomic mass is 9.65. The first kappa shape index (κ1) is 11.7. The van der Waals surface area contributed by atoms with Crippen LogP contribution < -0.4 is 0 Å². The monoisotopic (exact) mass is 264 g/mol. The summed E-state index contributed by atoms with van der Waals surface area (Å²) >= 11 is 0. The van der Waals surface area contributed by atoms with Crippen LogP contribution in [0.2, 0.25) is 0 Å². The Balaban J connectivity index is 1.60. The number of hydrogen-bond acceptors (Lipinski definition) is 3. The van der Waals surface area contributed by atoms with Gasteiger partial charge in [-0.05, 0) is 61.2 Å². The van der Waals surface area contributed by atoms with Crippen LogP contribution in [0.5, 0.6) is 0 Å². The van der Waals surface area contributed by atoms with Crippen LogP contribution in [0.3, 0.4) is 0 Å². The molecular weight excluding hydrogens is 244 g/mol. The van der Waals surface area contributed by atoms with Crippen molar-refractivity contribution in [2.45, 2.75) is 25.7 Å². The molecule has 0 radical (unpaired) electrons. The second-order valence-corrected chi connectivity index (χ2v) is 7.02. The number of carbonyl (C=O) groups excluding carboxylic acids is 1. The first-order valence-electron chi connectivity index (χ1n) is 7.42. The molecular formula is C15H20O4. The van der Waals surface area contributed by atoms with Gasteiger partial charge in [-0.3, -0.25) is 9.59 Å². The molecule has 0 heterocycles. The molecule has 1 N–H and O–H groups in total. The van der Waals surface area contributed by atoms with Gasteiger partial charge >= 0.3 is 11.9 Å². The number of ether oxygens (including phenoxy) is 1. The molecule has 0 aliphatic heterocycles. The molecule has 4 aliphatic carbocycles. The maximum Gasteiger partial charge on any atom is 0.308 e. The molecule has 0 aromatic carbocycles. The van der Waals surface area contributed by atoms with Gasteiger partial charge in [0, 0.05) is 0 Å². The van der Waals surface area contributed by atoms with Gasteiger partial charge < -0.3 is 9.84 Å². The van der Waals surface area contributed by atoms with Crippen molar-refractivity contribution < 1.29 is 19.4 Å². The van der Waals surface area contributed by atoms with E-state index in [1.54, 1.807) is 0 Å². The highest BCUT2D eigenvalue weighted by Gasteiger charge is 2.66. The standard InChI is InChI=1S/C15H20O4/c1-19-15(18)11-5-7-3-9(11)13-6-2-8(12(7)13)10(4-6)14(16)17/h6-13H,2-5H2,1H3,(H,16,17). The van der Waals surface area contributed by atoms with Gasteiger partial charge in [-0.25, -0.2) is 0 Å². The van der Waals surface area contributed by atoms with E-state index < -0.39 is 5.97 Å². The van der Waals surface area contributed by atoms with E-state index in [9.17, 15) is 14.7 Å². The minimum absolute atomic E-state index is 0.0384. The Labute approximate surface area is 112 Å². The predicted octanol–water partition coefficient (Wildman–Crippen LogP) is 1.79. The zero-order valence-electron chi connectivity index (χ0n) is 11.1. The molecule has 8 atom stereocenters. The molecule has 4 bridgehead atoms. The lowest BCUT2D eigenvalue weighted by Crippen LogP contribution is -2.40. The number of carbonyl (C=O) groups is 2. The highest BCUT2D eigenvalue weighted by molar-refractivity contribution is 5.74. The van der Waals surface area contributed by atoms with E-state index in [1.807, 2.05) is 0 Å². The Hall–Kier alpha value is -1.06. The highest BCUT2D eigenvalue weighted by Crippen LogP contribution is 2.70. The van der Waals surface area contributed by atoms with Crippen molar-refractivity contribution in [3.8, 4) is 0 Å². The van der Waals surface area contributed by atoms with Crippen molar-refractivity contribution in [2.75, 3.05) is 7.11 Å². The molecule has 0 saturated heterocycles. The van der Waals surface area contributed by atoms with E-state index in [4.69, 9.17) is 4.74 Å². The van der Waals surface area contributed by atoms with Gasteiger partial charge in [-0.2, -0.15) is 0 Å². The maximum atomic E-state index is 11.9. The molecule has 4 saturated carbocycles. The number of fused-ring (bicyclic) bond motifs is 9. The van der Waals surface area contributed by atoms with Crippen LogP contribution in [-0.2, 0) is 14.3 Å². The van der Waals surface area contributed by atoms with E-state index in [1.165, 1.54) is 7.11 Å². The third kappa shape index (κ3) is 1.35. The summed E-state index contributed by atoms with van der Waals surface area (Å²) in [4.78, 5) is 23.2. The summed E-state index contributed by atoms with van der Waals surface area (Å²) in [6.07, 6.45) is 4.01. The highest BCUT2D eigenvalue weighted by atomic mass is 16.5. The van der Waals surface area contributed by atoms with Crippen molar-refractivity contribution in [1.29, 1.82) is 0 Å². The van der Waals surface area contributed by atoms with E-state index in [-0.39, 0.29) is 17.8 Å². The minimum atomic E-state index is -0.599. The van der Waals surface area contributed by atoms with E-state index in [2.05, 4.69) is 0 Å². The van der Waals surface area contributed by atoms with Gasteiger partial charge in [0.25, 0.3) is 0 Å². The molecule has 104 valence electrons. The molecule has 4 nitrogen and oxygen atoms in total. The molecule has 0 amide bonds. The number of carboxylic acids is 1. The molecule has 4 fully saturated rings. The molecule has 0 aromatic rings. The number of aliphatic carboxylic acids is 1. The topological polar surface area (TPSA) is 63.6 Å². The van der Waals surface area contributed by atoms with Gasteiger partial charge in [-0.15, -0.1) is 0 Å². The van der Waals surface area contributed by atoms with Gasteiger partial charge in [0.2, 0.25) is 0 Å². The number of carboxylic acid groups (broad SMARTS) is 1. The summed E-state index contributed by atoms with van der Waals surface area (Å²) in [7, 11) is 1.48. The number of hydrogen-bond donors (Lipinski definition) is 1. The van der Waals surface area contributed by atoms with Crippen LogP contribution in [0.25, 0.3) is 0 Å². The van der Waals surface area contributed by atoms with Crippen LogP contribution >= 0.6 is 0 Å². The van der Waals surface area contributed by atoms with Crippen LogP contribution in [0, 0.1) is 47.3 Å². The summed E-state index contributed by atoms with van der Waals surface area (Å²) < 4.78 is 4.94. The maximum absolute atomic E-state index is 11.9. The van der Waals surface area contributed by atoms with Crippen LogP contribution in [0.1, 0.15) is 25.7 Å². The van der Waals surface area contributed by atoms with Crippen molar-refractivity contribution in [3.63, 3.8) is 0 Å². The van der Waals surface area contributed by atoms with E-state index >= 15 is 0 Å². The summed E-state index contributed by atoms with van der Waals surface area (Å²) in [5.74, 6) is 2.56. The fraction of sp³-hybridized carbons (Fsp3) is 0.867. The van der Waals surface area contributed by atoms with Gasteiger partial charge in [0.1, 0.15) is 0 Å². The average Bonchev–Trinajstić information content (AvgIpc) is 3.12. The second-order valence-electron chi connectivity index (χ2n) is 7.02. The lowest BCUT2D eigenvalue weighted by molar-refractivity contribution is -0.151. The molecule has 4 rings (SSSR count). The van der Waals surface area contributed by atoms with Gasteiger partial charge in [0.15, 0.2) is 0 Å². The first-order chi connectivity index (χ1) is 9.11. The van der Waals surface area contributed by atoms with Crippen molar-refractivity contribution >= 4 is 11.9 Å². The third-order valence-electron chi connectivity index (χ3n) is 6.64. The van der Waals surface area contributed by atoms with E-state index in [0.29, 0.717) is 35.5 Å². The molecule has 0 aromatic heterocycles. The normalized spacial score (nSPS) is 53.3. The molecule has 4 heteroatoms. The first-order valence-corrected chi connectivity index (χ1v) is 7.42. The molecule has 19 heavy (non-hydrogen) atoms. The quantitative estimate of drug-likeness (QED) is 0.610. The summed E-state index contributed by atoms with van der Waals surface area (Å²) in [6, 6.07) is 0. The summed E-state index contributed by atoms with van der Waals surface area (Å²) in [6.45, 7) is 0. The lowest BCUT2D eigenvalue weighted by Gasteiger charge is -2.39. The molecule has 0 spiro atoms. The third-order valence-corrected chi connectivity index (χ3v) is 6.64. The second kappa shape index (κ2) is 3.74. The number of rotatable bonds is 2. The van der Waals surface area contributed by atoms with Crippen molar-refractivity contribution in [2.24, 2.45) is 47.3 Å². The van der Waals surface area contributed by atoms with Crippen LogP contribution in [0.4, 0.5) is 0 Å². The summed E-state index contributed by atoms with van der Waals surface area (Å²) in [5.41, 5.74) is 0. The van der Waals surface area contributed by atoms with E-state index in [0.717, 1.165) is 25.7 Å². The van der Waals surface area contributed by atoms with Crippen LogP contribution in [0.15, 0.2) is 0 Å². The Morgan fingerprint density at radius 1 is 0.947 bits per heavy atom. The van der Waals surface area contributed by atoms with Gasteiger partial charge in [-0.1, -0.05) is 0 Å². The summed E-state index contributed by atoms with van der Waals surface area (Å²) in [5, 5.41) is 9.33. The van der Waals surface area contributed by atoms with Crippen molar-refractivity contribution in [1.82, 2.24) is 0 Å². The fourth-order valence-corrected chi connectivity index (χ4v) is 6.31. The number of methoxy groups -OCH3 is 1. The SMILES string of the molecule is COC(=O)C1CC2CC1C1C3CC(C(=O)O)C(C3)C21. The Kier molecular flexibility index (Phi) is 2.31. The average molecular weight is 264 g/mol. The number of esters is 1. The smallest absolute Gasteiger partial charge is 0.308 e. The zero-order valence-corrected chi connectivity index (χ0v) is 11.1. The van der Waals surface area contributed by atoms with Gasteiger partial charge in [0.05, 0.1) is 18.9 Å².